The Morgan fingerprint density at radius 2 is 2.24 bits per heavy atom. The molecule has 1 aliphatic rings. The molecule has 0 N–H and O–H groups in total. The van der Waals surface area contributed by atoms with Crippen LogP contribution in [0, 0.1) is 5.92 Å². The highest BCUT2D eigenvalue weighted by molar-refractivity contribution is 9.10. The molecule has 0 aromatic carbocycles. The number of hydrogen-bond donors (Lipinski definition) is 0. The number of ether oxygens (including phenoxy) is 1. The van der Waals surface area contributed by atoms with E-state index in [-0.39, 0.29) is 0 Å². The van der Waals surface area contributed by atoms with E-state index in [9.17, 15) is 0 Å². The summed E-state index contributed by atoms with van der Waals surface area (Å²) >= 11 is 3.37. The molecule has 0 radical (unpaired) electrons. The first-order valence-electron chi connectivity index (χ1n) is 5.96. The molecule has 2 unspecified atom stereocenters. The second-order valence-electron chi connectivity index (χ2n) is 4.58. The molecule has 17 heavy (non-hydrogen) atoms. The van der Waals surface area contributed by atoms with E-state index in [1.54, 1.807) is 13.3 Å². The van der Waals surface area contributed by atoms with Crippen LogP contribution in [-0.4, -0.2) is 29.7 Å². The van der Waals surface area contributed by atoms with Gasteiger partial charge in [0.05, 0.1) is 17.8 Å². The summed E-state index contributed by atoms with van der Waals surface area (Å²) in [4.78, 5) is 11.1. The van der Waals surface area contributed by atoms with Crippen LogP contribution >= 0.6 is 15.9 Å². The fourth-order valence-corrected chi connectivity index (χ4v) is 2.59. The van der Waals surface area contributed by atoms with Crippen molar-refractivity contribution in [3.63, 3.8) is 0 Å². The summed E-state index contributed by atoms with van der Waals surface area (Å²) in [5, 5.41) is 0. The fraction of sp³-hybridized carbons (Fsp3) is 0.667. The number of aromatic nitrogens is 2. The Hall–Kier alpha value is -0.840. The molecule has 0 aliphatic carbocycles. The first-order valence-corrected chi connectivity index (χ1v) is 6.76. The predicted molar refractivity (Wildman–Crippen MR) is 71.5 cm³/mol. The van der Waals surface area contributed by atoms with E-state index in [0.29, 0.717) is 17.8 Å². The van der Waals surface area contributed by atoms with Gasteiger partial charge in [-0.15, -0.1) is 0 Å². The molecule has 1 fully saturated rings. The Labute approximate surface area is 111 Å². The van der Waals surface area contributed by atoms with E-state index >= 15 is 0 Å². The number of anilines is 1. The van der Waals surface area contributed by atoms with Gasteiger partial charge in [-0.25, -0.2) is 4.98 Å². The van der Waals surface area contributed by atoms with Crippen LogP contribution < -0.4 is 9.64 Å². The maximum Gasteiger partial charge on any atom is 0.232 e. The Bertz CT molecular complexity index is 399. The van der Waals surface area contributed by atoms with E-state index in [4.69, 9.17) is 4.74 Å². The highest BCUT2D eigenvalue weighted by Crippen LogP contribution is 2.29. The van der Waals surface area contributed by atoms with Gasteiger partial charge in [0.2, 0.25) is 11.8 Å². The maximum atomic E-state index is 5.21. The average molecular weight is 300 g/mol. The Kier molecular flexibility index (Phi) is 3.86. The van der Waals surface area contributed by atoms with Crippen LogP contribution in [-0.2, 0) is 0 Å². The van der Waals surface area contributed by atoms with Gasteiger partial charge in [0.1, 0.15) is 0 Å². The molecule has 2 heterocycles. The van der Waals surface area contributed by atoms with Crippen LogP contribution in [0.4, 0.5) is 5.95 Å². The van der Waals surface area contributed by atoms with Gasteiger partial charge < -0.3 is 9.64 Å². The van der Waals surface area contributed by atoms with Gasteiger partial charge in [-0.3, -0.25) is 0 Å². The van der Waals surface area contributed by atoms with E-state index in [1.807, 2.05) is 0 Å². The summed E-state index contributed by atoms with van der Waals surface area (Å²) < 4.78 is 6.01. The lowest BCUT2D eigenvalue weighted by molar-refractivity contribution is 0.354. The maximum absolute atomic E-state index is 5.21. The minimum atomic E-state index is 0.481. The van der Waals surface area contributed by atoms with E-state index in [1.165, 1.54) is 12.8 Å². The van der Waals surface area contributed by atoms with Gasteiger partial charge in [-0.2, -0.15) is 4.98 Å². The molecule has 4 nitrogen and oxygen atoms in total. The Morgan fingerprint density at radius 1 is 1.47 bits per heavy atom. The SMILES string of the molecule is COc1nc(N2CCCC(C)C2C)ncc1Br. The first-order chi connectivity index (χ1) is 8.13. The van der Waals surface area contributed by atoms with Crippen LogP contribution in [0.1, 0.15) is 26.7 Å². The number of halogens is 1. The van der Waals surface area contributed by atoms with E-state index in [0.717, 1.165) is 17.0 Å². The van der Waals surface area contributed by atoms with Gasteiger partial charge in [0.25, 0.3) is 0 Å². The molecule has 94 valence electrons. The van der Waals surface area contributed by atoms with Gasteiger partial charge >= 0.3 is 0 Å². The molecular formula is C12H18BrN3O. The van der Waals surface area contributed by atoms with Crippen molar-refractivity contribution in [3.05, 3.63) is 10.7 Å². The summed E-state index contributed by atoms with van der Waals surface area (Å²) in [6, 6.07) is 0.481. The third-order valence-corrected chi connectivity index (χ3v) is 4.07. The average Bonchev–Trinajstić information content (AvgIpc) is 2.34. The number of hydrogen-bond acceptors (Lipinski definition) is 4. The molecule has 1 aliphatic heterocycles. The van der Waals surface area contributed by atoms with Crippen LogP contribution in [0.5, 0.6) is 5.88 Å². The predicted octanol–water partition coefficient (Wildman–Crippen LogP) is 2.87. The quantitative estimate of drug-likeness (QED) is 0.842. The normalized spacial score (nSPS) is 24.8. The van der Waals surface area contributed by atoms with Crippen molar-refractivity contribution < 1.29 is 4.74 Å². The zero-order chi connectivity index (χ0) is 12.4. The molecule has 0 amide bonds. The van der Waals surface area contributed by atoms with Crippen molar-refractivity contribution in [2.45, 2.75) is 32.7 Å². The minimum Gasteiger partial charge on any atom is -0.480 e. The van der Waals surface area contributed by atoms with Crippen LogP contribution in [0.3, 0.4) is 0 Å². The van der Waals surface area contributed by atoms with Crippen molar-refractivity contribution in [3.8, 4) is 5.88 Å². The molecule has 0 saturated carbocycles. The molecule has 1 aromatic heterocycles. The number of methoxy groups -OCH3 is 1. The van der Waals surface area contributed by atoms with Gasteiger partial charge in [0.15, 0.2) is 0 Å². The van der Waals surface area contributed by atoms with Crippen LogP contribution in [0.25, 0.3) is 0 Å². The standard InChI is InChI=1S/C12H18BrN3O/c1-8-5-4-6-16(9(8)2)12-14-7-10(13)11(15-12)17-3/h7-9H,4-6H2,1-3H3. The largest absolute Gasteiger partial charge is 0.480 e. The molecule has 0 spiro atoms. The second-order valence-corrected chi connectivity index (χ2v) is 5.44. The lowest BCUT2D eigenvalue weighted by Gasteiger charge is -2.37. The second kappa shape index (κ2) is 5.21. The third kappa shape index (κ3) is 2.54. The van der Waals surface area contributed by atoms with E-state index < -0.39 is 0 Å². The van der Waals surface area contributed by atoms with E-state index in [2.05, 4.69) is 44.6 Å². The van der Waals surface area contributed by atoms with Crippen LogP contribution in [0.2, 0.25) is 0 Å². The van der Waals surface area contributed by atoms with Gasteiger partial charge in [-0.05, 0) is 41.6 Å². The first kappa shape index (κ1) is 12.6. The molecule has 2 rings (SSSR count). The van der Waals surface area contributed by atoms with Crippen molar-refractivity contribution in [2.75, 3.05) is 18.6 Å². The Balaban J connectivity index is 2.27. The lowest BCUT2D eigenvalue weighted by atomic mass is 9.92. The fourth-order valence-electron chi connectivity index (χ4n) is 2.24. The summed E-state index contributed by atoms with van der Waals surface area (Å²) in [6.07, 6.45) is 4.24. The van der Waals surface area contributed by atoms with Crippen molar-refractivity contribution in [1.82, 2.24) is 9.97 Å². The summed E-state index contributed by atoms with van der Waals surface area (Å²) in [5.74, 6) is 2.05. The molecule has 1 aromatic rings. The molecule has 5 heteroatoms. The van der Waals surface area contributed by atoms with Gasteiger partial charge in [0, 0.05) is 12.6 Å². The molecule has 2 atom stereocenters. The highest BCUT2D eigenvalue weighted by atomic mass is 79.9. The topological polar surface area (TPSA) is 38.2 Å². The monoisotopic (exact) mass is 299 g/mol. The van der Waals surface area contributed by atoms with Gasteiger partial charge in [-0.1, -0.05) is 6.92 Å². The summed E-state index contributed by atoms with van der Waals surface area (Å²) in [6.45, 7) is 5.55. The van der Waals surface area contributed by atoms with Crippen molar-refractivity contribution in [1.29, 1.82) is 0 Å². The lowest BCUT2D eigenvalue weighted by Crippen LogP contribution is -2.43. The highest BCUT2D eigenvalue weighted by Gasteiger charge is 2.26. The zero-order valence-corrected chi connectivity index (χ0v) is 12.1. The molecular weight excluding hydrogens is 282 g/mol. The zero-order valence-electron chi connectivity index (χ0n) is 10.5. The van der Waals surface area contributed by atoms with Crippen LogP contribution in [0.15, 0.2) is 10.7 Å². The van der Waals surface area contributed by atoms with Crippen molar-refractivity contribution in [2.24, 2.45) is 5.92 Å². The molecule has 1 saturated heterocycles. The minimum absolute atomic E-state index is 0.481. The number of nitrogens with zero attached hydrogens (tertiary/aromatic N) is 3. The molecule has 0 bridgehead atoms. The third-order valence-electron chi connectivity index (χ3n) is 3.52. The number of piperidine rings is 1. The van der Waals surface area contributed by atoms with Crippen molar-refractivity contribution >= 4 is 21.9 Å². The smallest absolute Gasteiger partial charge is 0.232 e. The number of rotatable bonds is 2. The summed E-state index contributed by atoms with van der Waals surface area (Å²) in [5.41, 5.74) is 0. The summed E-state index contributed by atoms with van der Waals surface area (Å²) in [7, 11) is 1.62. The Morgan fingerprint density at radius 3 is 2.94 bits per heavy atom.